The fourth-order valence-corrected chi connectivity index (χ4v) is 2.63. The van der Waals surface area contributed by atoms with Crippen molar-refractivity contribution in [3.63, 3.8) is 0 Å². The number of hydrogen-bond acceptors (Lipinski definition) is 2. The van der Waals surface area contributed by atoms with Gasteiger partial charge in [-0.15, -0.1) is 0 Å². The molecule has 1 amide bonds. The molecule has 1 aromatic heterocycles. The summed E-state index contributed by atoms with van der Waals surface area (Å²) in [5.74, 6) is 0.0521. The van der Waals surface area contributed by atoms with Gasteiger partial charge in [0.05, 0.1) is 6.04 Å². The van der Waals surface area contributed by atoms with E-state index in [1.165, 1.54) is 0 Å². The molecular weight excluding hydrogens is 262 g/mol. The van der Waals surface area contributed by atoms with Crippen LogP contribution >= 0.6 is 0 Å². The van der Waals surface area contributed by atoms with Crippen molar-refractivity contribution in [1.82, 2.24) is 9.88 Å². The summed E-state index contributed by atoms with van der Waals surface area (Å²) < 4.78 is 0. The van der Waals surface area contributed by atoms with Crippen LogP contribution in [0.2, 0.25) is 0 Å². The predicted molar refractivity (Wildman–Crippen MR) is 87.1 cm³/mol. The van der Waals surface area contributed by atoms with Gasteiger partial charge in [0, 0.05) is 30.2 Å². The topological polar surface area (TPSA) is 62.1 Å². The summed E-state index contributed by atoms with van der Waals surface area (Å²) in [7, 11) is 0. The largest absolute Gasteiger partial charge is 0.361 e. The molecule has 1 aromatic carbocycles. The van der Waals surface area contributed by atoms with Crippen molar-refractivity contribution in [3.05, 3.63) is 36.0 Å². The minimum absolute atomic E-state index is 0.0521. The molecule has 4 heteroatoms. The zero-order valence-corrected chi connectivity index (χ0v) is 12.9. The third kappa shape index (κ3) is 3.64. The first kappa shape index (κ1) is 15.6. The molecule has 0 saturated heterocycles. The minimum Gasteiger partial charge on any atom is -0.361 e. The molecule has 114 valence electrons. The van der Waals surface area contributed by atoms with Crippen molar-refractivity contribution in [2.45, 2.75) is 39.2 Å². The summed E-state index contributed by atoms with van der Waals surface area (Å²) in [6.45, 7) is 5.66. The summed E-state index contributed by atoms with van der Waals surface area (Å²) in [5, 5.41) is 1.15. The number of para-hydroxylation sites is 1. The molecule has 0 bridgehead atoms. The fourth-order valence-electron chi connectivity index (χ4n) is 2.63. The van der Waals surface area contributed by atoms with Gasteiger partial charge in [-0.25, -0.2) is 0 Å². The molecule has 0 unspecified atom stereocenters. The van der Waals surface area contributed by atoms with Crippen LogP contribution in [0.1, 0.15) is 32.3 Å². The highest BCUT2D eigenvalue weighted by Gasteiger charge is 2.20. The minimum atomic E-state index is -0.471. The van der Waals surface area contributed by atoms with Crippen LogP contribution in [0.4, 0.5) is 0 Å². The highest BCUT2D eigenvalue weighted by Crippen LogP contribution is 2.19. The number of aromatic nitrogens is 1. The molecule has 0 saturated carbocycles. The Balaban J connectivity index is 2.06. The summed E-state index contributed by atoms with van der Waals surface area (Å²) in [6.07, 6.45) is 4.65. The van der Waals surface area contributed by atoms with E-state index < -0.39 is 6.04 Å². The summed E-state index contributed by atoms with van der Waals surface area (Å²) in [5.41, 5.74) is 8.34. The Bertz CT molecular complexity index is 590. The lowest BCUT2D eigenvalue weighted by Crippen LogP contribution is -2.45. The molecule has 4 nitrogen and oxygen atoms in total. The van der Waals surface area contributed by atoms with Crippen LogP contribution < -0.4 is 5.73 Å². The third-order valence-electron chi connectivity index (χ3n) is 3.91. The van der Waals surface area contributed by atoms with Crippen LogP contribution in [-0.4, -0.2) is 34.9 Å². The van der Waals surface area contributed by atoms with E-state index in [0.717, 1.165) is 42.4 Å². The standard InChI is InChI=1S/C17H25N3O/c1-3-5-10-20(4-2)17(21)15(18)11-13-12-19-16-9-7-6-8-14(13)16/h6-9,12,15,19H,3-5,10-11,18H2,1-2H3/t15-/m1/s1. The zero-order chi connectivity index (χ0) is 15.2. The Labute approximate surface area is 126 Å². The molecular formula is C17H25N3O. The lowest BCUT2D eigenvalue weighted by atomic mass is 10.0. The molecule has 0 radical (unpaired) electrons. The highest BCUT2D eigenvalue weighted by molar-refractivity contribution is 5.86. The number of nitrogens with zero attached hydrogens (tertiary/aromatic N) is 1. The summed E-state index contributed by atoms with van der Waals surface area (Å²) in [6, 6.07) is 7.63. The Morgan fingerprint density at radius 2 is 2.10 bits per heavy atom. The highest BCUT2D eigenvalue weighted by atomic mass is 16.2. The van der Waals surface area contributed by atoms with E-state index in [9.17, 15) is 4.79 Å². The van der Waals surface area contributed by atoms with Gasteiger partial charge in [-0.1, -0.05) is 31.5 Å². The number of fused-ring (bicyclic) bond motifs is 1. The van der Waals surface area contributed by atoms with Crippen molar-refractivity contribution in [2.75, 3.05) is 13.1 Å². The molecule has 3 N–H and O–H groups in total. The first-order valence-electron chi connectivity index (χ1n) is 7.76. The SMILES string of the molecule is CCCCN(CC)C(=O)[C@H](N)Cc1c[nH]c2ccccc12. The second-order valence-corrected chi connectivity index (χ2v) is 5.44. The van der Waals surface area contributed by atoms with Gasteiger partial charge in [0.15, 0.2) is 0 Å². The summed E-state index contributed by atoms with van der Waals surface area (Å²) >= 11 is 0. The Kier molecular flexibility index (Phi) is 5.39. The number of hydrogen-bond donors (Lipinski definition) is 2. The van der Waals surface area contributed by atoms with Gasteiger partial charge in [0.1, 0.15) is 0 Å². The average molecular weight is 287 g/mol. The first-order chi connectivity index (χ1) is 10.2. The number of likely N-dealkylation sites (N-methyl/N-ethyl adjacent to an activating group) is 1. The number of H-pyrrole nitrogens is 1. The molecule has 0 fully saturated rings. The van der Waals surface area contributed by atoms with E-state index in [-0.39, 0.29) is 5.91 Å². The van der Waals surface area contributed by atoms with Gasteiger partial charge < -0.3 is 15.6 Å². The maximum Gasteiger partial charge on any atom is 0.239 e. The number of amides is 1. The fraction of sp³-hybridized carbons (Fsp3) is 0.471. The van der Waals surface area contributed by atoms with Gasteiger partial charge in [-0.05, 0) is 31.4 Å². The zero-order valence-electron chi connectivity index (χ0n) is 12.9. The van der Waals surface area contributed by atoms with E-state index in [2.05, 4.69) is 18.0 Å². The van der Waals surface area contributed by atoms with Crippen LogP contribution in [0.25, 0.3) is 10.9 Å². The molecule has 1 atom stereocenters. The number of aromatic amines is 1. The molecule has 0 aliphatic carbocycles. The third-order valence-corrected chi connectivity index (χ3v) is 3.91. The number of nitrogens with two attached hydrogens (primary N) is 1. The van der Waals surface area contributed by atoms with Crippen LogP contribution in [0, 0.1) is 0 Å². The van der Waals surface area contributed by atoms with E-state index >= 15 is 0 Å². The number of carbonyl (C=O) groups is 1. The lowest BCUT2D eigenvalue weighted by Gasteiger charge is -2.24. The molecule has 0 aliphatic rings. The van der Waals surface area contributed by atoms with Crippen molar-refractivity contribution >= 4 is 16.8 Å². The molecule has 21 heavy (non-hydrogen) atoms. The van der Waals surface area contributed by atoms with Gasteiger partial charge in [0.25, 0.3) is 0 Å². The van der Waals surface area contributed by atoms with Gasteiger partial charge in [-0.3, -0.25) is 4.79 Å². The van der Waals surface area contributed by atoms with E-state index in [1.807, 2.05) is 36.2 Å². The van der Waals surface area contributed by atoms with Crippen molar-refractivity contribution in [1.29, 1.82) is 0 Å². The van der Waals surface area contributed by atoms with Gasteiger partial charge >= 0.3 is 0 Å². The normalized spacial score (nSPS) is 12.5. The van der Waals surface area contributed by atoms with E-state index in [4.69, 9.17) is 5.73 Å². The Morgan fingerprint density at radius 1 is 1.33 bits per heavy atom. The lowest BCUT2D eigenvalue weighted by molar-refractivity contribution is -0.132. The quantitative estimate of drug-likeness (QED) is 0.822. The number of rotatable bonds is 7. The molecule has 0 spiro atoms. The Hall–Kier alpha value is -1.81. The predicted octanol–water partition coefficient (Wildman–Crippen LogP) is 2.69. The van der Waals surface area contributed by atoms with Crippen LogP contribution in [0.3, 0.4) is 0 Å². The number of carbonyl (C=O) groups excluding carboxylic acids is 1. The van der Waals surface area contributed by atoms with Crippen molar-refractivity contribution in [2.24, 2.45) is 5.73 Å². The van der Waals surface area contributed by atoms with Crippen LogP contribution in [-0.2, 0) is 11.2 Å². The molecule has 0 aliphatic heterocycles. The van der Waals surface area contributed by atoms with Gasteiger partial charge in [0.2, 0.25) is 5.91 Å². The first-order valence-corrected chi connectivity index (χ1v) is 7.76. The summed E-state index contributed by atoms with van der Waals surface area (Å²) in [4.78, 5) is 17.5. The number of nitrogens with one attached hydrogen (secondary N) is 1. The molecule has 1 heterocycles. The smallest absolute Gasteiger partial charge is 0.239 e. The average Bonchev–Trinajstić information content (AvgIpc) is 2.91. The second kappa shape index (κ2) is 7.27. The number of unbranched alkanes of at least 4 members (excludes halogenated alkanes) is 1. The van der Waals surface area contributed by atoms with Gasteiger partial charge in [-0.2, -0.15) is 0 Å². The second-order valence-electron chi connectivity index (χ2n) is 5.44. The molecule has 2 aromatic rings. The maximum atomic E-state index is 12.4. The van der Waals surface area contributed by atoms with Crippen molar-refractivity contribution < 1.29 is 4.79 Å². The number of benzene rings is 1. The maximum absolute atomic E-state index is 12.4. The monoisotopic (exact) mass is 287 g/mol. The van der Waals surface area contributed by atoms with E-state index in [1.54, 1.807) is 0 Å². The van der Waals surface area contributed by atoms with Crippen molar-refractivity contribution in [3.8, 4) is 0 Å². The van der Waals surface area contributed by atoms with Crippen LogP contribution in [0.15, 0.2) is 30.5 Å². The molecule has 2 rings (SSSR count). The van der Waals surface area contributed by atoms with Crippen LogP contribution in [0.5, 0.6) is 0 Å². The Morgan fingerprint density at radius 3 is 2.81 bits per heavy atom. The van der Waals surface area contributed by atoms with E-state index in [0.29, 0.717) is 6.42 Å².